The average Bonchev–Trinajstić information content (AvgIpc) is 3.24. The number of alkyl halides is 2. The maximum atomic E-state index is 14.8. The minimum atomic E-state index is -4.28. The molecule has 0 aliphatic carbocycles. The number of nitrogens with zero attached hydrogens (tertiary/aromatic N) is 1. The molecule has 0 fully saturated rings. The number of sulfonamides is 1. The normalized spacial score (nSPS) is 14.9. The molecule has 1 aromatic heterocycles. The molecule has 14 heteroatoms. The third kappa shape index (κ3) is 5.11. The van der Waals surface area contributed by atoms with Crippen LogP contribution in [-0.2, 0) is 32.1 Å². The zero-order valence-electron chi connectivity index (χ0n) is 17.6. The molecule has 1 N–H and O–H groups in total. The van der Waals surface area contributed by atoms with E-state index in [-0.39, 0.29) is 36.4 Å². The van der Waals surface area contributed by atoms with E-state index in [0.29, 0.717) is 21.9 Å². The summed E-state index contributed by atoms with van der Waals surface area (Å²) in [6, 6.07) is 9.32. The van der Waals surface area contributed by atoms with Gasteiger partial charge in [0.1, 0.15) is 8.55 Å². The van der Waals surface area contributed by atoms with Gasteiger partial charge in [0.25, 0.3) is 15.9 Å². The molecule has 0 radical (unpaired) electrons. The Labute approximate surface area is 228 Å². The van der Waals surface area contributed by atoms with Crippen molar-refractivity contribution in [1.29, 1.82) is 0 Å². The van der Waals surface area contributed by atoms with Crippen LogP contribution in [0.1, 0.15) is 16.7 Å². The molecule has 1 aliphatic rings. The molecule has 1 aliphatic heterocycles. The van der Waals surface area contributed by atoms with E-state index in [0.717, 1.165) is 29.2 Å². The highest BCUT2D eigenvalue weighted by Crippen LogP contribution is 2.47. The zero-order valence-corrected chi connectivity index (χ0v) is 22.2. The summed E-state index contributed by atoms with van der Waals surface area (Å²) in [6.07, 6.45) is 1.97. The predicted octanol–water partition coefficient (Wildman–Crippen LogP) is 6.52. The molecule has 36 heavy (non-hydrogen) atoms. The Morgan fingerprint density at radius 3 is 2.44 bits per heavy atom. The van der Waals surface area contributed by atoms with Gasteiger partial charge in [-0.1, -0.05) is 70.7 Å². The number of amides is 2. The first-order valence-corrected chi connectivity index (χ1v) is 13.6. The Hall–Kier alpha value is -2.21. The second kappa shape index (κ2) is 9.92. The molecule has 2 heterocycles. The second-order valence-electron chi connectivity index (χ2n) is 7.43. The summed E-state index contributed by atoms with van der Waals surface area (Å²) in [7, 11) is -4.28. The standard InChI is InChI=1S/C22H12Cl4F2N2O4S2/c23-13-6-4-12(15(24)8-13)10-30-19-11(2-1-3-14(19)22(27,28)21(30)32)5-7-17(31)29-36(33,34)18-9-16(25)20(26)35-18/h1-9H,10H2,(H,29,31)/b7-5+. The largest absolute Gasteiger partial charge is 0.352 e. The first-order chi connectivity index (χ1) is 16.8. The van der Waals surface area contributed by atoms with Gasteiger partial charge in [0.15, 0.2) is 0 Å². The van der Waals surface area contributed by atoms with Crippen molar-refractivity contribution in [3.05, 3.63) is 84.6 Å². The van der Waals surface area contributed by atoms with Crippen LogP contribution in [-0.4, -0.2) is 20.2 Å². The van der Waals surface area contributed by atoms with Crippen LogP contribution in [0.2, 0.25) is 19.4 Å². The molecule has 3 aromatic rings. The van der Waals surface area contributed by atoms with Crippen molar-refractivity contribution in [2.75, 3.05) is 4.90 Å². The van der Waals surface area contributed by atoms with Crippen molar-refractivity contribution < 1.29 is 26.8 Å². The van der Waals surface area contributed by atoms with E-state index in [1.807, 2.05) is 4.72 Å². The summed E-state index contributed by atoms with van der Waals surface area (Å²) in [5, 5.41) is 0.522. The first-order valence-electron chi connectivity index (χ1n) is 9.78. The Morgan fingerprint density at radius 1 is 1.08 bits per heavy atom. The molecule has 0 bridgehead atoms. The average molecular weight is 612 g/mol. The molecule has 0 saturated heterocycles. The van der Waals surface area contributed by atoms with E-state index in [9.17, 15) is 26.8 Å². The second-order valence-corrected chi connectivity index (χ2v) is 12.2. The summed E-state index contributed by atoms with van der Waals surface area (Å²) in [4.78, 5) is 25.8. The molecule has 0 spiro atoms. The van der Waals surface area contributed by atoms with Crippen LogP contribution >= 0.6 is 57.7 Å². The number of para-hydroxylation sites is 1. The molecule has 0 saturated carbocycles. The number of benzene rings is 2. The number of halogens is 6. The molecule has 2 amide bonds. The Morgan fingerprint density at radius 2 is 1.81 bits per heavy atom. The fraction of sp³-hybridized carbons (Fsp3) is 0.0909. The lowest BCUT2D eigenvalue weighted by molar-refractivity contribution is -0.141. The van der Waals surface area contributed by atoms with Crippen molar-refractivity contribution in [2.24, 2.45) is 0 Å². The molecule has 188 valence electrons. The van der Waals surface area contributed by atoms with Gasteiger partial charge in [-0.25, -0.2) is 13.1 Å². The van der Waals surface area contributed by atoms with Gasteiger partial charge in [-0.3, -0.25) is 9.59 Å². The first kappa shape index (κ1) is 26.8. The highest BCUT2D eigenvalue weighted by atomic mass is 35.5. The van der Waals surface area contributed by atoms with Crippen LogP contribution in [0.15, 0.2) is 52.7 Å². The molecular formula is C22H12Cl4F2N2O4S2. The van der Waals surface area contributed by atoms with Crippen LogP contribution in [0, 0.1) is 0 Å². The molecule has 6 nitrogen and oxygen atoms in total. The van der Waals surface area contributed by atoms with Gasteiger partial charge < -0.3 is 4.90 Å². The van der Waals surface area contributed by atoms with Gasteiger partial charge in [0.05, 0.1) is 22.8 Å². The quantitative estimate of drug-likeness (QED) is 0.322. The summed E-state index contributed by atoms with van der Waals surface area (Å²) < 4.78 is 56.0. The molecular weight excluding hydrogens is 600 g/mol. The molecule has 0 unspecified atom stereocenters. The maximum Gasteiger partial charge on any atom is 0.352 e. The minimum absolute atomic E-state index is 0.0105. The van der Waals surface area contributed by atoms with Gasteiger partial charge in [0, 0.05) is 16.1 Å². The van der Waals surface area contributed by atoms with E-state index in [1.54, 1.807) is 0 Å². The van der Waals surface area contributed by atoms with Gasteiger partial charge in [-0.15, -0.1) is 11.3 Å². The molecule has 2 aromatic carbocycles. The molecule has 0 atom stereocenters. The third-order valence-corrected chi connectivity index (χ3v) is 9.34. The number of carbonyl (C=O) groups is 2. The van der Waals surface area contributed by atoms with Gasteiger partial charge >= 0.3 is 11.8 Å². The van der Waals surface area contributed by atoms with Crippen molar-refractivity contribution in [3.8, 4) is 0 Å². The monoisotopic (exact) mass is 610 g/mol. The van der Waals surface area contributed by atoms with Crippen molar-refractivity contribution in [3.63, 3.8) is 0 Å². The van der Waals surface area contributed by atoms with E-state index in [1.165, 1.54) is 30.3 Å². The van der Waals surface area contributed by atoms with E-state index in [4.69, 9.17) is 46.4 Å². The summed E-state index contributed by atoms with van der Waals surface area (Å²) >= 11 is 24.3. The van der Waals surface area contributed by atoms with Gasteiger partial charge in [-0.2, -0.15) is 8.78 Å². The topological polar surface area (TPSA) is 83.6 Å². The van der Waals surface area contributed by atoms with Crippen molar-refractivity contribution in [2.45, 2.75) is 16.7 Å². The predicted molar refractivity (Wildman–Crippen MR) is 137 cm³/mol. The summed E-state index contributed by atoms with van der Waals surface area (Å²) in [5.74, 6) is -6.35. The maximum absolute atomic E-state index is 14.8. The number of rotatable bonds is 6. The smallest absolute Gasteiger partial charge is 0.301 e. The van der Waals surface area contributed by atoms with E-state index in [2.05, 4.69) is 0 Å². The highest BCUT2D eigenvalue weighted by Gasteiger charge is 2.53. The number of hydrogen-bond acceptors (Lipinski definition) is 5. The lowest BCUT2D eigenvalue weighted by atomic mass is 10.0. The number of nitrogens with one attached hydrogen (secondary N) is 1. The van der Waals surface area contributed by atoms with Crippen molar-refractivity contribution in [1.82, 2.24) is 4.72 Å². The number of anilines is 1. The van der Waals surface area contributed by atoms with E-state index < -0.39 is 33.3 Å². The van der Waals surface area contributed by atoms with Crippen LogP contribution in [0.3, 0.4) is 0 Å². The van der Waals surface area contributed by atoms with E-state index >= 15 is 0 Å². The van der Waals surface area contributed by atoms with Crippen LogP contribution < -0.4 is 9.62 Å². The SMILES string of the molecule is O=C(/C=C/c1cccc2c1N(Cc1ccc(Cl)cc1Cl)C(=O)C2(F)F)NS(=O)(=O)c1cc(Cl)c(Cl)s1. The Balaban J connectivity index is 1.65. The summed E-state index contributed by atoms with van der Waals surface area (Å²) in [6.45, 7) is -0.289. The van der Waals surface area contributed by atoms with Crippen LogP contribution in [0.5, 0.6) is 0 Å². The summed E-state index contributed by atoms with van der Waals surface area (Å²) in [5.41, 5.74) is -0.246. The highest BCUT2D eigenvalue weighted by molar-refractivity contribution is 7.92. The van der Waals surface area contributed by atoms with Crippen LogP contribution in [0.25, 0.3) is 6.08 Å². The molecule has 4 rings (SSSR count). The number of thiophene rings is 1. The third-order valence-electron chi connectivity index (χ3n) is 5.07. The Kier molecular flexibility index (Phi) is 7.40. The zero-order chi connectivity index (χ0) is 26.4. The van der Waals surface area contributed by atoms with Crippen LogP contribution in [0.4, 0.5) is 14.5 Å². The Bertz CT molecular complexity index is 1520. The lowest BCUT2D eigenvalue weighted by Gasteiger charge is -2.20. The number of hydrogen-bond donors (Lipinski definition) is 1. The fourth-order valence-electron chi connectivity index (χ4n) is 3.45. The number of fused-ring (bicyclic) bond motifs is 1. The number of carbonyl (C=O) groups excluding carboxylic acids is 2. The fourth-order valence-corrected chi connectivity index (χ4v) is 6.74. The van der Waals surface area contributed by atoms with Crippen molar-refractivity contribution >= 4 is 91.3 Å². The lowest BCUT2D eigenvalue weighted by Crippen LogP contribution is -2.34. The minimum Gasteiger partial charge on any atom is -0.301 e. The van der Waals surface area contributed by atoms with Gasteiger partial charge in [-0.05, 0) is 35.4 Å². The van der Waals surface area contributed by atoms with Gasteiger partial charge in [0.2, 0.25) is 0 Å².